The molecule has 0 saturated heterocycles. The molecule has 4 aromatic carbocycles. The lowest BCUT2D eigenvalue weighted by atomic mass is 9.71. The average molecular weight is 986 g/mol. The van der Waals surface area contributed by atoms with Gasteiger partial charge in [-0.25, -0.2) is 9.59 Å². The summed E-state index contributed by atoms with van der Waals surface area (Å²) in [4.78, 5) is 50.3. The number of amides is 3. The lowest BCUT2D eigenvalue weighted by Crippen LogP contribution is -2.31. The first kappa shape index (κ1) is 59.1. The predicted molar refractivity (Wildman–Crippen MR) is 298 cm³/mol. The molecule has 0 aliphatic carbocycles. The predicted octanol–water partition coefficient (Wildman–Crippen LogP) is 15.8. The van der Waals surface area contributed by atoms with Crippen LogP contribution in [-0.4, -0.2) is 43.6 Å². The summed E-state index contributed by atoms with van der Waals surface area (Å²) in [5, 5.41) is 8.72. The van der Waals surface area contributed by atoms with Gasteiger partial charge in [0.15, 0.2) is 0 Å². The molecule has 394 valence electrons. The Hall–Kier alpha value is -5.44. The van der Waals surface area contributed by atoms with Gasteiger partial charge < -0.3 is 20.1 Å². The monoisotopic (exact) mass is 986 g/mol. The lowest BCUT2D eigenvalue weighted by Gasteiger charge is -2.34. The fraction of sp³-hybridized carbons (Fsp3) is 0.556. The number of hydrogen-bond acceptors (Lipinski definition) is 6. The molecular formula is C63H91N3O6. The molecule has 2 atom stereocenters. The second-order valence-corrected chi connectivity index (χ2v) is 24.9. The van der Waals surface area contributed by atoms with Crippen molar-refractivity contribution < 1.29 is 28.7 Å². The molecule has 0 saturated carbocycles. The first-order valence-corrected chi connectivity index (χ1v) is 26.8. The number of nitrogens with one attached hydrogen (secondary N) is 3. The number of urea groups is 1. The van der Waals surface area contributed by atoms with E-state index in [9.17, 15) is 19.2 Å². The lowest BCUT2D eigenvalue weighted by molar-refractivity contribution is -0.143. The topological polar surface area (TPSA) is 123 Å². The number of unbranched alkanes of at least 4 members (excludes halogenated alkanes) is 1. The summed E-state index contributed by atoms with van der Waals surface area (Å²) < 4.78 is 10.8. The molecule has 4 aromatic rings. The zero-order valence-corrected chi connectivity index (χ0v) is 46.4. The van der Waals surface area contributed by atoms with Gasteiger partial charge in [-0.3, -0.25) is 14.9 Å². The van der Waals surface area contributed by atoms with Gasteiger partial charge in [-0.2, -0.15) is 0 Å². The van der Waals surface area contributed by atoms with Gasteiger partial charge in [-0.1, -0.05) is 162 Å². The molecule has 9 nitrogen and oxygen atoms in total. The van der Waals surface area contributed by atoms with Gasteiger partial charge in [-0.15, -0.1) is 0 Å². The van der Waals surface area contributed by atoms with E-state index in [1.807, 2.05) is 72.8 Å². The first-order chi connectivity index (χ1) is 33.8. The maximum absolute atomic E-state index is 12.8. The number of carbonyl (C=O) groups excluding carboxylic acids is 4. The Morgan fingerprint density at radius 1 is 0.486 bits per heavy atom. The second-order valence-electron chi connectivity index (χ2n) is 24.9. The Bertz CT molecular complexity index is 2100. The molecule has 2 unspecified atom stereocenters. The van der Waals surface area contributed by atoms with Gasteiger partial charge in [0.2, 0.25) is 0 Å². The van der Waals surface area contributed by atoms with Crippen molar-refractivity contribution in [2.24, 2.45) is 33.5 Å². The maximum Gasteiger partial charge on any atom is 0.411 e. The van der Waals surface area contributed by atoms with Crippen LogP contribution in [0.25, 0.3) is 0 Å². The molecule has 4 rings (SSSR count). The normalized spacial score (nSPS) is 12.9. The fourth-order valence-electron chi connectivity index (χ4n) is 11.0. The van der Waals surface area contributed by atoms with Crippen molar-refractivity contribution in [2.45, 2.75) is 173 Å². The van der Waals surface area contributed by atoms with Gasteiger partial charge in [0.05, 0.1) is 19.6 Å². The van der Waals surface area contributed by atoms with E-state index in [4.69, 9.17) is 9.47 Å². The molecular weight excluding hydrogens is 895 g/mol. The number of ketones is 1. The van der Waals surface area contributed by atoms with E-state index in [1.54, 1.807) is 0 Å². The molecule has 0 bridgehead atoms. The summed E-state index contributed by atoms with van der Waals surface area (Å²) in [6, 6.07) is 31.6. The van der Waals surface area contributed by atoms with Crippen LogP contribution >= 0.6 is 0 Å². The van der Waals surface area contributed by atoms with Crippen LogP contribution in [0, 0.1) is 33.5 Å². The van der Waals surface area contributed by atoms with Crippen molar-refractivity contribution in [1.82, 2.24) is 5.32 Å². The Labute approximate surface area is 434 Å². The van der Waals surface area contributed by atoms with Gasteiger partial charge in [0.1, 0.15) is 5.78 Å². The van der Waals surface area contributed by atoms with Crippen molar-refractivity contribution in [1.29, 1.82) is 0 Å². The summed E-state index contributed by atoms with van der Waals surface area (Å²) in [6.45, 7) is 28.9. The summed E-state index contributed by atoms with van der Waals surface area (Å²) in [5.41, 5.74) is 9.04. The molecule has 0 spiro atoms. The summed E-state index contributed by atoms with van der Waals surface area (Å²) in [6.07, 6.45) is 11.1. The van der Waals surface area contributed by atoms with Gasteiger partial charge >= 0.3 is 18.1 Å². The van der Waals surface area contributed by atoms with Crippen LogP contribution in [-0.2, 0) is 44.7 Å². The highest BCUT2D eigenvalue weighted by Crippen LogP contribution is 2.40. The number of anilines is 2. The zero-order chi connectivity index (χ0) is 53.0. The van der Waals surface area contributed by atoms with E-state index < -0.39 is 6.09 Å². The quantitative estimate of drug-likeness (QED) is 0.0385. The molecule has 0 radical (unpaired) electrons. The minimum absolute atomic E-state index is 0.190. The van der Waals surface area contributed by atoms with Crippen molar-refractivity contribution in [3.63, 3.8) is 0 Å². The Kier molecular flexibility index (Phi) is 23.1. The van der Waals surface area contributed by atoms with Crippen molar-refractivity contribution >= 4 is 35.3 Å². The average Bonchev–Trinajstić information content (AvgIpc) is 3.25. The molecule has 0 fully saturated rings. The summed E-state index contributed by atoms with van der Waals surface area (Å²) >= 11 is 0. The van der Waals surface area contributed by atoms with Crippen LogP contribution in [0.1, 0.15) is 181 Å². The molecule has 72 heavy (non-hydrogen) atoms. The molecule has 0 aromatic heterocycles. The van der Waals surface area contributed by atoms with Crippen molar-refractivity contribution in [2.75, 3.05) is 30.4 Å². The van der Waals surface area contributed by atoms with Crippen LogP contribution in [0.2, 0.25) is 0 Å². The maximum atomic E-state index is 12.8. The Morgan fingerprint density at radius 3 is 1.36 bits per heavy atom. The van der Waals surface area contributed by atoms with Crippen LogP contribution < -0.4 is 16.0 Å². The highest BCUT2D eigenvalue weighted by Gasteiger charge is 2.28. The van der Waals surface area contributed by atoms with Crippen molar-refractivity contribution in [3.05, 3.63) is 130 Å². The van der Waals surface area contributed by atoms with E-state index in [0.29, 0.717) is 78.2 Å². The molecule has 3 N–H and O–H groups in total. The Morgan fingerprint density at radius 2 is 0.889 bits per heavy atom. The van der Waals surface area contributed by atoms with Gasteiger partial charge in [-0.05, 0) is 155 Å². The third kappa shape index (κ3) is 25.3. The van der Waals surface area contributed by atoms with E-state index in [0.717, 1.165) is 65.6 Å². The number of carbonyl (C=O) groups is 4. The van der Waals surface area contributed by atoms with Crippen molar-refractivity contribution in [3.8, 4) is 0 Å². The Balaban J connectivity index is 1.03. The third-order valence-electron chi connectivity index (χ3n) is 13.0. The number of rotatable bonds is 28. The minimum Gasteiger partial charge on any atom is -0.465 e. The highest BCUT2D eigenvalue weighted by molar-refractivity contribution is 5.89. The number of ether oxygens (including phenoxy) is 2. The smallest absolute Gasteiger partial charge is 0.411 e. The van der Waals surface area contributed by atoms with Crippen LogP contribution in [0.3, 0.4) is 0 Å². The van der Waals surface area contributed by atoms with E-state index in [-0.39, 0.29) is 37.0 Å². The van der Waals surface area contributed by atoms with E-state index in [1.165, 1.54) is 24.8 Å². The molecule has 0 aliphatic rings. The summed E-state index contributed by atoms with van der Waals surface area (Å²) in [5.74, 6) is 1.16. The molecule has 0 heterocycles. The first-order valence-electron chi connectivity index (χ1n) is 26.8. The SMILES string of the molecule is CC(CCCC(=O)Cc1ccc(Cc2ccc(CC(=O)OCCCCOC(=O)Nc3ccc(Cc4ccc(NC(=O)NCCC(C)CC(C)(C)CC(C)(C)C)cc4)cc3)cc2)cc1)CC(C)(C)CC(C)(C)C. The zero-order valence-electron chi connectivity index (χ0n) is 46.4. The van der Waals surface area contributed by atoms with Gasteiger partial charge in [0, 0.05) is 30.8 Å². The minimum atomic E-state index is -0.536. The van der Waals surface area contributed by atoms with Crippen LogP contribution in [0.5, 0.6) is 0 Å². The highest BCUT2D eigenvalue weighted by atomic mass is 16.5. The van der Waals surface area contributed by atoms with Crippen LogP contribution in [0.15, 0.2) is 97.1 Å². The van der Waals surface area contributed by atoms with Gasteiger partial charge in [0.25, 0.3) is 0 Å². The fourth-order valence-corrected chi connectivity index (χ4v) is 11.0. The molecule has 9 heteroatoms. The third-order valence-corrected chi connectivity index (χ3v) is 13.0. The van der Waals surface area contributed by atoms with E-state index in [2.05, 4.69) is 123 Å². The number of benzene rings is 4. The van der Waals surface area contributed by atoms with Crippen LogP contribution in [0.4, 0.5) is 21.0 Å². The van der Waals surface area contributed by atoms with E-state index >= 15 is 0 Å². The number of Topliss-reactive ketones (excluding diaryl/α,β-unsaturated/α-hetero) is 1. The number of hydrogen-bond donors (Lipinski definition) is 3. The number of esters is 1. The standard InChI is InChI=1S/C63H91N3O6/c1-46(42-62(9,10)44-60(3,4)5)16-15-17-56(67)40-52-22-18-48(19-23-52)38-49-20-24-53(25-21-49)41-57(68)71-36-13-14-37-72-59(70)66-55-32-28-51(29-33-55)39-50-26-30-54(31-27-50)65-58(69)64-35-34-47(2)43-63(11,12)45-61(6,7)8/h18-33,46-47H,13-17,34-45H2,1-12H3,(H,66,70)(H2,64,65,69). The molecule has 3 amide bonds. The second kappa shape index (κ2) is 28.1. The molecule has 0 aliphatic heterocycles. The largest absolute Gasteiger partial charge is 0.465 e. The summed E-state index contributed by atoms with van der Waals surface area (Å²) in [7, 11) is 0.